The molecular formula is C21H24N6O3S. The minimum Gasteiger partial charge on any atom is -0.495 e. The Balaban J connectivity index is 1.40. The summed E-state index contributed by atoms with van der Waals surface area (Å²) in [5.74, 6) is 2.36. The van der Waals surface area contributed by atoms with Gasteiger partial charge in [-0.2, -0.15) is 4.31 Å². The highest BCUT2D eigenvalue weighted by molar-refractivity contribution is 7.89. The Morgan fingerprint density at radius 3 is 2.42 bits per heavy atom. The first kappa shape index (κ1) is 21.0. The van der Waals surface area contributed by atoms with E-state index in [1.54, 1.807) is 30.5 Å². The van der Waals surface area contributed by atoms with Gasteiger partial charge in [-0.25, -0.2) is 13.4 Å². The van der Waals surface area contributed by atoms with Crippen LogP contribution in [0.3, 0.4) is 0 Å². The molecule has 3 heterocycles. The van der Waals surface area contributed by atoms with E-state index in [0.717, 1.165) is 5.56 Å². The predicted octanol–water partition coefficient (Wildman–Crippen LogP) is 2.44. The van der Waals surface area contributed by atoms with E-state index in [1.165, 1.54) is 11.4 Å². The first-order valence-electron chi connectivity index (χ1n) is 9.89. The summed E-state index contributed by atoms with van der Waals surface area (Å²) in [6.45, 7) is 3.75. The van der Waals surface area contributed by atoms with Crippen LogP contribution in [0.25, 0.3) is 0 Å². The number of hydrogen-bond donors (Lipinski definition) is 1. The van der Waals surface area contributed by atoms with Crippen molar-refractivity contribution in [3.05, 3.63) is 60.3 Å². The molecule has 9 nitrogen and oxygen atoms in total. The molecule has 1 aliphatic heterocycles. The number of nitrogens with zero attached hydrogens (tertiary/aromatic N) is 5. The van der Waals surface area contributed by atoms with E-state index in [9.17, 15) is 8.42 Å². The second-order valence-electron chi connectivity index (χ2n) is 7.16. The van der Waals surface area contributed by atoms with Crippen molar-refractivity contribution < 1.29 is 13.2 Å². The van der Waals surface area contributed by atoms with Crippen LogP contribution in [0.15, 0.2) is 59.6 Å². The molecule has 0 atom stereocenters. The van der Waals surface area contributed by atoms with Crippen LogP contribution >= 0.6 is 0 Å². The second-order valence-corrected chi connectivity index (χ2v) is 9.07. The fourth-order valence-corrected chi connectivity index (χ4v) is 5.00. The highest BCUT2D eigenvalue weighted by Crippen LogP contribution is 2.27. The van der Waals surface area contributed by atoms with Gasteiger partial charge in [-0.15, -0.1) is 10.2 Å². The molecule has 0 radical (unpaired) electrons. The molecule has 3 aromatic rings. The van der Waals surface area contributed by atoms with E-state index < -0.39 is 10.0 Å². The molecule has 0 amide bonds. The number of methoxy groups -OCH3 is 1. The summed E-state index contributed by atoms with van der Waals surface area (Å²) in [7, 11) is -2.16. The number of para-hydroxylation sites is 1. The topological polar surface area (TPSA) is 101 Å². The lowest BCUT2D eigenvalue weighted by atomic mass is 10.3. The van der Waals surface area contributed by atoms with Crippen molar-refractivity contribution in [1.29, 1.82) is 0 Å². The summed E-state index contributed by atoms with van der Waals surface area (Å²) in [5.41, 5.74) is 1.10. The molecule has 0 saturated carbocycles. The van der Waals surface area contributed by atoms with Crippen molar-refractivity contribution in [2.45, 2.75) is 11.8 Å². The van der Waals surface area contributed by atoms with Gasteiger partial charge in [0.2, 0.25) is 10.0 Å². The van der Waals surface area contributed by atoms with Gasteiger partial charge in [-0.3, -0.25) is 0 Å². The number of aromatic nitrogens is 3. The third kappa shape index (κ3) is 4.59. The molecule has 0 aliphatic carbocycles. The zero-order valence-electron chi connectivity index (χ0n) is 17.4. The number of nitrogens with one attached hydrogen (secondary N) is 1. The molecule has 0 spiro atoms. The van der Waals surface area contributed by atoms with Crippen molar-refractivity contribution in [3.63, 3.8) is 0 Å². The largest absolute Gasteiger partial charge is 0.495 e. The third-order valence-electron chi connectivity index (χ3n) is 5.07. The lowest BCUT2D eigenvalue weighted by Crippen LogP contribution is -2.49. The van der Waals surface area contributed by atoms with Gasteiger partial charge in [0, 0.05) is 32.4 Å². The fourth-order valence-electron chi connectivity index (χ4n) is 3.42. The van der Waals surface area contributed by atoms with E-state index in [0.29, 0.717) is 49.4 Å². The highest BCUT2D eigenvalue weighted by atomic mass is 32.2. The van der Waals surface area contributed by atoms with Gasteiger partial charge in [0.05, 0.1) is 7.11 Å². The van der Waals surface area contributed by atoms with Crippen LogP contribution in [0, 0.1) is 6.92 Å². The van der Waals surface area contributed by atoms with Crippen molar-refractivity contribution in [2.24, 2.45) is 0 Å². The van der Waals surface area contributed by atoms with Crippen LogP contribution in [-0.2, 0) is 10.0 Å². The maximum Gasteiger partial charge on any atom is 0.246 e. The summed E-state index contributed by atoms with van der Waals surface area (Å²) in [6.07, 6.45) is 1.73. The first-order valence-corrected chi connectivity index (χ1v) is 11.3. The average Bonchev–Trinajstić information content (AvgIpc) is 2.80. The van der Waals surface area contributed by atoms with E-state index in [-0.39, 0.29) is 4.90 Å². The van der Waals surface area contributed by atoms with Crippen LogP contribution in [0.5, 0.6) is 5.75 Å². The molecule has 1 fully saturated rings. The summed E-state index contributed by atoms with van der Waals surface area (Å²) in [4.78, 5) is 6.46. The van der Waals surface area contributed by atoms with Crippen LogP contribution in [-0.4, -0.2) is 61.2 Å². The standard InChI is InChI=1S/C21H24N6O3S/c1-16-9-10-22-20(15-16)23-19-7-8-21(25-24-19)26-11-13-27(14-12-26)31(28,29)18-6-4-3-5-17(18)30-2/h3-10,15H,11-14H2,1-2H3,(H,22,23,24). The maximum absolute atomic E-state index is 13.0. The number of rotatable bonds is 6. The number of piperazine rings is 1. The molecular weight excluding hydrogens is 416 g/mol. The molecule has 1 saturated heterocycles. The van der Waals surface area contributed by atoms with Gasteiger partial charge in [0.1, 0.15) is 16.5 Å². The molecule has 162 valence electrons. The van der Waals surface area contributed by atoms with Gasteiger partial charge in [0.25, 0.3) is 0 Å². The quantitative estimate of drug-likeness (QED) is 0.624. The maximum atomic E-state index is 13.0. The molecule has 1 N–H and O–H groups in total. The van der Waals surface area contributed by atoms with Crippen molar-refractivity contribution in [1.82, 2.24) is 19.5 Å². The zero-order chi connectivity index (χ0) is 21.8. The van der Waals surface area contributed by atoms with Gasteiger partial charge in [-0.1, -0.05) is 12.1 Å². The van der Waals surface area contributed by atoms with E-state index in [2.05, 4.69) is 20.5 Å². The number of ether oxygens (including phenoxy) is 1. The molecule has 1 aromatic carbocycles. The summed E-state index contributed by atoms with van der Waals surface area (Å²) < 4.78 is 32.8. The molecule has 0 bridgehead atoms. The van der Waals surface area contributed by atoms with Crippen LogP contribution < -0.4 is 15.0 Å². The minimum absolute atomic E-state index is 0.186. The van der Waals surface area contributed by atoms with Gasteiger partial charge in [0.15, 0.2) is 11.6 Å². The van der Waals surface area contributed by atoms with Crippen LogP contribution in [0.2, 0.25) is 0 Å². The Morgan fingerprint density at radius 1 is 0.968 bits per heavy atom. The number of anilines is 3. The Bertz CT molecular complexity index is 1150. The molecule has 0 unspecified atom stereocenters. The molecule has 31 heavy (non-hydrogen) atoms. The Labute approximate surface area is 181 Å². The first-order chi connectivity index (χ1) is 15.0. The van der Waals surface area contributed by atoms with Crippen molar-refractivity contribution in [2.75, 3.05) is 43.5 Å². The normalized spacial score (nSPS) is 15.0. The monoisotopic (exact) mass is 440 g/mol. The van der Waals surface area contributed by atoms with Crippen LogP contribution in [0.1, 0.15) is 5.56 Å². The van der Waals surface area contributed by atoms with Gasteiger partial charge < -0.3 is 15.0 Å². The Kier molecular flexibility index (Phi) is 6.01. The molecule has 2 aromatic heterocycles. The van der Waals surface area contributed by atoms with Crippen molar-refractivity contribution >= 4 is 27.5 Å². The highest BCUT2D eigenvalue weighted by Gasteiger charge is 2.31. The third-order valence-corrected chi connectivity index (χ3v) is 7.01. The lowest BCUT2D eigenvalue weighted by Gasteiger charge is -2.34. The van der Waals surface area contributed by atoms with Gasteiger partial charge in [-0.05, 0) is 48.9 Å². The predicted molar refractivity (Wildman–Crippen MR) is 118 cm³/mol. The Hall–Kier alpha value is -3.24. The summed E-state index contributed by atoms with van der Waals surface area (Å²) >= 11 is 0. The van der Waals surface area contributed by atoms with E-state index in [1.807, 2.05) is 36.1 Å². The average molecular weight is 441 g/mol. The SMILES string of the molecule is COc1ccccc1S(=O)(=O)N1CCN(c2ccc(Nc3cc(C)ccn3)nn2)CC1. The number of pyridine rings is 1. The molecule has 4 rings (SSSR count). The van der Waals surface area contributed by atoms with Crippen molar-refractivity contribution in [3.8, 4) is 5.75 Å². The second kappa shape index (κ2) is 8.86. The number of hydrogen-bond acceptors (Lipinski definition) is 8. The zero-order valence-corrected chi connectivity index (χ0v) is 18.2. The molecule has 10 heteroatoms. The number of aryl methyl sites for hydroxylation is 1. The molecule has 1 aliphatic rings. The fraction of sp³-hybridized carbons (Fsp3) is 0.286. The Morgan fingerprint density at radius 2 is 1.74 bits per heavy atom. The number of benzene rings is 1. The lowest BCUT2D eigenvalue weighted by molar-refractivity contribution is 0.373. The summed E-state index contributed by atoms with van der Waals surface area (Å²) in [6, 6.07) is 14.2. The number of sulfonamides is 1. The minimum atomic E-state index is -3.63. The smallest absolute Gasteiger partial charge is 0.246 e. The van der Waals surface area contributed by atoms with Gasteiger partial charge >= 0.3 is 0 Å². The van der Waals surface area contributed by atoms with E-state index >= 15 is 0 Å². The van der Waals surface area contributed by atoms with Crippen LogP contribution in [0.4, 0.5) is 17.5 Å². The summed E-state index contributed by atoms with van der Waals surface area (Å²) in [5, 5.41) is 11.6. The van der Waals surface area contributed by atoms with E-state index in [4.69, 9.17) is 4.74 Å².